The van der Waals surface area contributed by atoms with Crippen molar-refractivity contribution in [3.8, 4) is 5.75 Å². The van der Waals surface area contributed by atoms with Gasteiger partial charge in [0.15, 0.2) is 0 Å². The van der Waals surface area contributed by atoms with E-state index in [1.165, 1.54) is 0 Å². The van der Waals surface area contributed by atoms with Gasteiger partial charge in [0.05, 0.1) is 0 Å². The zero-order chi connectivity index (χ0) is 11.3. The Hall–Kier alpha value is -0.540. The van der Waals surface area contributed by atoms with Crippen LogP contribution in [-0.4, -0.2) is 18.7 Å². The molecule has 1 N–H and O–H groups in total. The Morgan fingerprint density at radius 2 is 2.07 bits per heavy atom. The SMILES string of the molecule is CC(C)NCC(C)Oc1cccc(Br)c1. The molecule has 84 valence electrons. The van der Waals surface area contributed by atoms with Crippen molar-refractivity contribution in [3.05, 3.63) is 28.7 Å². The molecular formula is C12H18BrNO. The van der Waals surface area contributed by atoms with Crippen molar-refractivity contribution < 1.29 is 4.74 Å². The van der Waals surface area contributed by atoms with Gasteiger partial charge in [-0.05, 0) is 25.1 Å². The maximum absolute atomic E-state index is 5.75. The Morgan fingerprint density at radius 3 is 2.67 bits per heavy atom. The third-order valence-electron chi connectivity index (χ3n) is 1.95. The van der Waals surface area contributed by atoms with E-state index in [9.17, 15) is 0 Å². The summed E-state index contributed by atoms with van der Waals surface area (Å²) in [5.74, 6) is 0.905. The van der Waals surface area contributed by atoms with E-state index in [1.807, 2.05) is 24.3 Å². The quantitative estimate of drug-likeness (QED) is 0.888. The standard InChI is InChI=1S/C12H18BrNO/c1-9(2)14-8-10(3)15-12-6-4-5-11(13)7-12/h4-7,9-10,14H,8H2,1-3H3. The van der Waals surface area contributed by atoms with Gasteiger partial charge in [-0.15, -0.1) is 0 Å². The topological polar surface area (TPSA) is 21.3 Å². The Labute approximate surface area is 100 Å². The fourth-order valence-electron chi connectivity index (χ4n) is 1.22. The van der Waals surface area contributed by atoms with Crippen LogP contribution >= 0.6 is 15.9 Å². The van der Waals surface area contributed by atoms with Crippen LogP contribution in [0.25, 0.3) is 0 Å². The molecule has 1 atom stereocenters. The lowest BCUT2D eigenvalue weighted by molar-refractivity contribution is 0.213. The van der Waals surface area contributed by atoms with Crippen LogP contribution in [0.3, 0.4) is 0 Å². The van der Waals surface area contributed by atoms with Crippen molar-refractivity contribution in [2.45, 2.75) is 32.9 Å². The first-order chi connectivity index (χ1) is 7.08. The molecule has 0 spiro atoms. The molecule has 0 aliphatic carbocycles. The molecule has 0 fully saturated rings. The van der Waals surface area contributed by atoms with Crippen LogP contribution in [0.4, 0.5) is 0 Å². The molecule has 0 radical (unpaired) electrons. The minimum absolute atomic E-state index is 0.182. The first-order valence-electron chi connectivity index (χ1n) is 5.23. The normalized spacial score (nSPS) is 12.9. The number of ether oxygens (including phenoxy) is 1. The number of nitrogens with one attached hydrogen (secondary N) is 1. The van der Waals surface area contributed by atoms with E-state index >= 15 is 0 Å². The van der Waals surface area contributed by atoms with Crippen LogP contribution in [0, 0.1) is 0 Å². The van der Waals surface area contributed by atoms with Gasteiger partial charge in [-0.3, -0.25) is 0 Å². The molecule has 1 rings (SSSR count). The zero-order valence-corrected chi connectivity index (χ0v) is 11.0. The number of hydrogen-bond acceptors (Lipinski definition) is 2. The zero-order valence-electron chi connectivity index (χ0n) is 9.46. The van der Waals surface area contributed by atoms with E-state index < -0.39 is 0 Å². The maximum atomic E-state index is 5.75. The molecule has 0 aliphatic heterocycles. The number of hydrogen-bond donors (Lipinski definition) is 1. The van der Waals surface area contributed by atoms with Gasteiger partial charge in [-0.2, -0.15) is 0 Å². The summed E-state index contributed by atoms with van der Waals surface area (Å²) >= 11 is 3.42. The molecular weight excluding hydrogens is 254 g/mol. The van der Waals surface area contributed by atoms with Crippen LogP contribution in [0.5, 0.6) is 5.75 Å². The first-order valence-corrected chi connectivity index (χ1v) is 6.03. The van der Waals surface area contributed by atoms with E-state index in [0.29, 0.717) is 6.04 Å². The second-order valence-corrected chi connectivity index (χ2v) is 4.86. The second-order valence-electron chi connectivity index (χ2n) is 3.95. The molecule has 3 heteroatoms. The highest BCUT2D eigenvalue weighted by atomic mass is 79.9. The molecule has 1 unspecified atom stereocenters. The Balaban J connectivity index is 2.40. The Morgan fingerprint density at radius 1 is 1.33 bits per heavy atom. The lowest BCUT2D eigenvalue weighted by Crippen LogP contribution is -2.33. The third kappa shape index (κ3) is 5.19. The number of halogens is 1. The average Bonchev–Trinajstić information content (AvgIpc) is 2.15. The van der Waals surface area contributed by atoms with Gasteiger partial charge >= 0.3 is 0 Å². The predicted octanol–water partition coefficient (Wildman–Crippen LogP) is 3.21. The second kappa shape index (κ2) is 6.13. The Kier molecular flexibility index (Phi) is 5.12. The molecule has 0 aliphatic rings. The fourth-order valence-corrected chi connectivity index (χ4v) is 1.59. The summed E-state index contributed by atoms with van der Waals surface area (Å²) in [7, 11) is 0. The van der Waals surface area contributed by atoms with E-state index in [4.69, 9.17) is 4.74 Å². The van der Waals surface area contributed by atoms with Crippen LogP contribution in [-0.2, 0) is 0 Å². The summed E-state index contributed by atoms with van der Waals surface area (Å²) in [4.78, 5) is 0. The van der Waals surface area contributed by atoms with Crippen molar-refractivity contribution in [2.24, 2.45) is 0 Å². The molecule has 15 heavy (non-hydrogen) atoms. The van der Waals surface area contributed by atoms with E-state index in [2.05, 4.69) is 42.0 Å². The summed E-state index contributed by atoms with van der Waals surface area (Å²) in [6.07, 6.45) is 0.182. The summed E-state index contributed by atoms with van der Waals surface area (Å²) in [6, 6.07) is 8.41. The minimum Gasteiger partial charge on any atom is -0.489 e. The lowest BCUT2D eigenvalue weighted by Gasteiger charge is -2.17. The van der Waals surface area contributed by atoms with Crippen LogP contribution < -0.4 is 10.1 Å². The largest absolute Gasteiger partial charge is 0.489 e. The molecule has 2 nitrogen and oxygen atoms in total. The monoisotopic (exact) mass is 271 g/mol. The van der Waals surface area contributed by atoms with Crippen molar-refractivity contribution >= 4 is 15.9 Å². The third-order valence-corrected chi connectivity index (χ3v) is 2.44. The molecule has 0 amide bonds. The van der Waals surface area contributed by atoms with Crippen molar-refractivity contribution in [1.29, 1.82) is 0 Å². The molecule has 0 bridgehead atoms. The fraction of sp³-hybridized carbons (Fsp3) is 0.500. The van der Waals surface area contributed by atoms with Gasteiger partial charge in [-0.1, -0.05) is 35.8 Å². The predicted molar refractivity (Wildman–Crippen MR) is 67.4 cm³/mol. The smallest absolute Gasteiger partial charge is 0.120 e. The molecule has 0 saturated carbocycles. The van der Waals surface area contributed by atoms with Gasteiger partial charge < -0.3 is 10.1 Å². The number of benzene rings is 1. The maximum Gasteiger partial charge on any atom is 0.120 e. The summed E-state index contributed by atoms with van der Waals surface area (Å²) in [6.45, 7) is 7.19. The molecule has 0 heterocycles. The minimum atomic E-state index is 0.182. The van der Waals surface area contributed by atoms with Gasteiger partial charge in [0, 0.05) is 17.1 Å². The summed E-state index contributed by atoms with van der Waals surface area (Å²) in [5, 5.41) is 3.34. The van der Waals surface area contributed by atoms with Crippen LogP contribution in [0.1, 0.15) is 20.8 Å². The summed E-state index contributed by atoms with van der Waals surface area (Å²) < 4.78 is 6.80. The first kappa shape index (κ1) is 12.5. The van der Waals surface area contributed by atoms with Crippen molar-refractivity contribution in [3.63, 3.8) is 0 Å². The molecule has 1 aromatic carbocycles. The molecule has 0 aromatic heterocycles. The van der Waals surface area contributed by atoms with E-state index in [0.717, 1.165) is 16.8 Å². The average molecular weight is 272 g/mol. The van der Waals surface area contributed by atoms with Gasteiger partial charge in [0.2, 0.25) is 0 Å². The van der Waals surface area contributed by atoms with Crippen LogP contribution in [0.2, 0.25) is 0 Å². The highest BCUT2D eigenvalue weighted by Gasteiger charge is 2.04. The van der Waals surface area contributed by atoms with E-state index in [-0.39, 0.29) is 6.10 Å². The van der Waals surface area contributed by atoms with Gasteiger partial charge in [0.25, 0.3) is 0 Å². The highest BCUT2D eigenvalue weighted by Crippen LogP contribution is 2.18. The van der Waals surface area contributed by atoms with Crippen molar-refractivity contribution in [1.82, 2.24) is 5.32 Å². The Bertz CT molecular complexity index is 301. The van der Waals surface area contributed by atoms with E-state index in [1.54, 1.807) is 0 Å². The summed E-state index contributed by atoms with van der Waals surface area (Å²) in [5.41, 5.74) is 0. The highest BCUT2D eigenvalue weighted by molar-refractivity contribution is 9.10. The van der Waals surface area contributed by atoms with Gasteiger partial charge in [0.1, 0.15) is 11.9 Å². The molecule has 1 aromatic rings. The van der Waals surface area contributed by atoms with Gasteiger partial charge in [-0.25, -0.2) is 0 Å². The van der Waals surface area contributed by atoms with Crippen LogP contribution in [0.15, 0.2) is 28.7 Å². The molecule has 0 saturated heterocycles. The lowest BCUT2D eigenvalue weighted by atomic mass is 10.3. The number of rotatable bonds is 5. The van der Waals surface area contributed by atoms with Crippen molar-refractivity contribution in [2.75, 3.05) is 6.54 Å².